The number of likely N-dealkylation sites (N-methyl/N-ethyl adjacent to an activating group) is 2. The molecule has 0 heterocycles. The van der Waals surface area contributed by atoms with Crippen molar-refractivity contribution in [3.8, 4) is 0 Å². The number of benzene rings is 1. The first-order valence-electron chi connectivity index (χ1n) is 6.85. The van der Waals surface area contributed by atoms with Crippen LogP contribution in [0.25, 0.3) is 0 Å². The molecule has 2 N–H and O–H groups in total. The smallest absolute Gasteiger partial charge is 0.0474 e. The van der Waals surface area contributed by atoms with Crippen LogP contribution in [-0.4, -0.2) is 49.6 Å². The van der Waals surface area contributed by atoms with Gasteiger partial charge in [-0.05, 0) is 45.3 Å². The number of halogens is 1. The van der Waals surface area contributed by atoms with Gasteiger partial charge < -0.3 is 10.6 Å². The number of nitrogens with zero attached hydrogens (tertiary/aromatic N) is 2. The fourth-order valence-electron chi connectivity index (χ4n) is 2.65. The van der Waals surface area contributed by atoms with Gasteiger partial charge in [-0.2, -0.15) is 0 Å². The van der Waals surface area contributed by atoms with Crippen molar-refractivity contribution < 1.29 is 0 Å². The average Bonchev–Trinajstić information content (AvgIpc) is 2.34. The molecule has 1 rings (SSSR count). The quantitative estimate of drug-likeness (QED) is 0.835. The zero-order valence-electron chi connectivity index (χ0n) is 12.4. The number of nitrogens with two attached hydrogens (primary N) is 1. The summed E-state index contributed by atoms with van der Waals surface area (Å²) in [5.41, 5.74) is 7.31. The Labute approximate surface area is 125 Å². The largest absolute Gasteiger partial charge is 0.329 e. The Kier molecular flexibility index (Phi) is 7.00. The predicted molar refractivity (Wildman–Crippen MR) is 86.3 cm³/mol. The lowest BCUT2D eigenvalue weighted by Crippen LogP contribution is -2.44. The van der Waals surface area contributed by atoms with E-state index in [0.29, 0.717) is 12.6 Å². The SMILES string of the molecule is CCN(C(C)CN(C)C)C(CN)c1cccc(Br)c1. The predicted octanol–water partition coefficient (Wildman–Crippen LogP) is 2.72. The van der Waals surface area contributed by atoms with Crippen LogP contribution in [0.1, 0.15) is 25.5 Å². The van der Waals surface area contributed by atoms with Crippen LogP contribution < -0.4 is 5.73 Å². The van der Waals surface area contributed by atoms with Gasteiger partial charge in [0.15, 0.2) is 0 Å². The monoisotopic (exact) mass is 327 g/mol. The highest BCUT2D eigenvalue weighted by molar-refractivity contribution is 9.10. The average molecular weight is 328 g/mol. The molecule has 0 amide bonds. The van der Waals surface area contributed by atoms with E-state index in [-0.39, 0.29) is 6.04 Å². The van der Waals surface area contributed by atoms with Crippen molar-refractivity contribution in [3.63, 3.8) is 0 Å². The maximum atomic E-state index is 6.03. The molecular formula is C15H26BrN3. The van der Waals surface area contributed by atoms with Crippen molar-refractivity contribution in [1.82, 2.24) is 9.80 Å². The Hall–Kier alpha value is -0.420. The minimum Gasteiger partial charge on any atom is -0.329 e. The third-order valence-electron chi connectivity index (χ3n) is 3.42. The van der Waals surface area contributed by atoms with Crippen LogP contribution in [0.15, 0.2) is 28.7 Å². The van der Waals surface area contributed by atoms with Gasteiger partial charge in [-0.3, -0.25) is 4.90 Å². The molecule has 0 aromatic heterocycles. The molecule has 0 bridgehead atoms. The van der Waals surface area contributed by atoms with Gasteiger partial charge >= 0.3 is 0 Å². The summed E-state index contributed by atoms with van der Waals surface area (Å²) in [4.78, 5) is 4.70. The van der Waals surface area contributed by atoms with Crippen LogP contribution in [0.3, 0.4) is 0 Å². The van der Waals surface area contributed by atoms with E-state index >= 15 is 0 Å². The van der Waals surface area contributed by atoms with Crippen molar-refractivity contribution in [2.75, 3.05) is 33.7 Å². The molecule has 0 radical (unpaired) electrons. The van der Waals surface area contributed by atoms with Gasteiger partial charge in [0, 0.05) is 29.6 Å². The van der Waals surface area contributed by atoms with Crippen LogP contribution in [0.2, 0.25) is 0 Å². The van der Waals surface area contributed by atoms with Crippen molar-refractivity contribution in [2.24, 2.45) is 5.73 Å². The fourth-order valence-corrected chi connectivity index (χ4v) is 3.07. The lowest BCUT2D eigenvalue weighted by atomic mass is 10.0. The molecule has 1 aromatic carbocycles. The standard InChI is InChI=1S/C15H26BrN3/c1-5-19(12(2)11-18(3)4)15(10-17)13-7-6-8-14(16)9-13/h6-9,12,15H,5,10-11,17H2,1-4H3. The first kappa shape index (κ1) is 16.6. The number of rotatable bonds is 7. The van der Waals surface area contributed by atoms with Crippen molar-refractivity contribution in [3.05, 3.63) is 34.3 Å². The molecule has 4 heteroatoms. The van der Waals surface area contributed by atoms with Gasteiger partial charge in [0.2, 0.25) is 0 Å². The molecule has 2 unspecified atom stereocenters. The maximum absolute atomic E-state index is 6.03. The van der Waals surface area contributed by atoms with Crippen LogP contribution >= 0.6 is 15.9 Å². The summed E-state index contributed by atoms with van der Waals surface area (Å²) < 4.78 is 1.11. The van der Waals surface area contributed by atoms with Crippen molar-refractivity contribution in [2.45, 2.75) is 25.9 Å². The molecule has 0 aliphatic carbocycles. The molecule has 0 fully saturated rings. The maximum Gasteiger partial charge on any atom is 0.0474 e. The molecule has 0 saturated heterocycles. The van der Waals surface area contributed by atoms with Crippen molar-refractivity contribution in [1.29, 1.82) is 0 Å². The normalized spacial score (nSPS) is 14.9. The fraction of sp³-hybridized carbons (Fsp3) is 0.600. The van der Waals surface area contributed by atoms with Crippen LogP contribution in [0, 0.1) is 0 Å². The topological polar surface area (TPSA) is 32.5 Å². The van der Waals surface area contributed by atoms with E-state index in [2.05, 4.69) is 77.9 Å². The van der Waals surface area contributed by atoms with Crippen LogP contribution in [0.4, 0.5) is 0 Å². The molecular weight excluding hydrogens is 302 g/mol. The number of hydrogen-bond donors (Lipinski definition) is 1. The first-order valence-corrected chi connectivity index (χ1v) is 7.64. The summed E-state index contributed by atoms with van der Waals surface area (Å²) in [6.45, 7) is 7.15. The van der Waals surface area contributed by atoms with E-state index < -0.39 is 0 Å². The second kappa shape index (κ2) is 8.00. The Morgan fingerprint density at radius 3 is 2.47 bits per heavy atom. The zero-order valence-corrected chi connectivity index (χ0v) is 14.0. The van der Waals surface area contributed by atoms with Gasteiger partial charge in [-0.25, -0.2) is 0 Å². The number of hydrogen-bond acceptors (Lipinski definition) is 3. The Balaban J connectivity index is 2.92. The minimum atomic E-state index is 0.275. The van der Waals surface area contributed by atoms with Gasteiger partial charge in [0.1, 0.15) is 0 Å². The highest BCUT2D eigenvalue weighted by Gasteiger charge is 2.23. The van der Waals surface area contributed by atoms with E-state index in [1.165, 1.54) is 5.56 Å². The lowest BCUT2D eigenvalue weighted by Gasteiger charge is -2.36. The summed E-state index contributed by atoms with van der Waals surface area (Å²) in [6, 6.07) is 9.21. The molecule has 3 nitrogen and oxygen atoms in total. The first-order chi connectivity index (χ1) is 8.99. The molecule has 19 heavy (non-hydrogen) atoms. The molecule has 0 spiro atoms. The molecule has 0 aliphatic heterocycles. The minimum absolute atomic E-state index is 0.275. The third kappa shape index (κ3) is 4.88. The van der Waals surface area contributed by atoms with Gasteiger partial charge in [-0.15, -0.1) is 0 Å². The molecule has 2 atom stereocenters. The summed E-state index contributed by atoms with van der Waals surface area (Å²) in [6.07, 6.45) is 0. The van der Waals surface area contributed by atoms with E-state index in [4.69, 9.17) is 5.73 Å². The van der Waals surface area contributed by atoms with Gasteiger partial charge in [-0.1, -0.05) is 35.0 Å². The van der Waals surface area contributed by atoms with Crippen LogP contribution in [-0.2, 0) is 0 Å². The highest BCUT2D eigenvalue weighted by Crippen LogP contribution is 2.24. The second-order valence-corrected chi connectivity index (χ2v) is 6.16. The summed E-state index contributed by atoms with van der Waals surface area (Å²) in [5.74, 6) is 0. The Bertz CT molecular complexity index is 381. The van der Waals surface area contributed by atoms with Crippen molar-refractivity contribution >= 4 is 15.9 Å². The molecule has 0 aliphatic rings. The summed E-state index contributed by atoms with van der Waals surface area (Å²) in [7, 11) is 4.22. The second-order valence-electron chi connectivity index (χ2n) is 5.25. The Morgan fingerprint density at radius 1 is 1.32 bits per heavy atom. The van der Waals surface area contributed by atoms with E-state index in [1.54, 1.807) is 0 Å². The lowest BCUT2D eigenvalue weighted by molar-refractivity contribution is 0.131. The van der Waals surface area contributed by atoms with E-state index in [0.717, 1.165) is 17.6 Å². The molecule has 108 valence electrons. The Morgan fingerprint density at radius 2 is 2.00 bits per heavy atom. The van der Waals surface area contributed by atoms with Gasteiger partial charge in [0.25, 0.3) is 0 Å². The molecule has 1 aromatic rings. The third-order valence-corrected chi connectivity index (χ3v) is 3.91. The summed E-state index contributed by atoms with van der Waals surface area (Å²) in [5, 5.41) is 0. The summed E-state index contributed by atoms with van der Waals surface area (Å²) >= 11 is 3.54. The van der Waals surface area contributed by atoms with E-state index in [9.17, 15) is 0 Å². The molecule has 0 saturated carbocycles. The van der Waals surface area contributed by atoms with Gasteiger partial charge in [0.05, 0.1) is 0 Å². The zero-order chi connectivity index (χ0) is 14.4. The highest BCUT2D eigenvalue weighted by atomic mass is 79.9. The van der Waals surface area contributed by atoms with E-state index in [1.807, 2.05) is 0 Å². The van der Waals surface area contributed by atoms with Crippen LogP contribution in [0.5, 0.6) is 0 Å².